The highest BCUT2D eigenvalue weighted by Crippen LogP contribution is 2.51. The normalized spacial score (nSPS) is 28.3. The van der Waals surface area contributed by atoms with Crippen molar-refractivity contribution < 1.29 is 27.4 Å². The Bertz CT molecular complexity index is 1190. The Morgan fingerprint density at radius 3 is 2.48 bits per heavy atom. The average Bonchev–Trinajstić information content (AvgIpc) is 3.07. The first-order chi connectivity index (χ1) is 15.9. The van der Waals surface area contributed by atoms with Crippen LogP contribution in [0.25, 0.3) is 10.9 Å². The van der Waals surface area contributed by atoms with Crippen LogP contribution in [-0.4, -0.2) is 30.2 Å². The molecule has 5 nitrogen and oxygen atoms in total. The zero-order chi connectivity index (χ0) is 22.7. The number of fused-ring (bicyclic) bond motifs is 2. The third-order valence-electron chi connectivity index (χ3n) is 7.27. The van der Waals surface area contributed by atoms with Gasteiger partial charge in [0, 0.05) is 23.0 Å². The number of hydrogen-bond acceptors (Lipinski definition) is 3. The number of benzene rings is 2. The monoisotopic (exact) mass is 456 g/mol. The SMILES string of the molecule is O=C(Nc1c[nH]c2ccc(OC3CC(c4ccc(C(F)(F)F)cc4)C3)cc12)C1C2COCC21. The van der Waals surface area contributed by atoms with Crippen LogP contribution >= 0.6 is 0 Å². The molecule has 0 bridgehead atoms. The maximum Gasteiger partial charge on any atom is 0.416 e. The molecule has 3 aliphatic rings. The molecule has 1 amide bonds. The third-order valence-corrected chi connectivity index (χ3v) is 7.27. The summed E-state index contributed by atoms with van der Waals surface area (Å²) in [7, 11) is 0. The summed E-state index contributed by atoms with van der Waals surface area (Å²) in [5.74, 6) is 1.70. The Balaban J connectivity index is 1.08. The molecule has 3 fully saturated rings. The molecule has 2 heterocycles. The Kier molecular flexibility index (Phi) is 4.69. The van der Waals surface area contributed by atoms with Gasteiger partial charge in [0.15, 0.2) is 0 Å². The third kappa shape index (κ3) is 3.76. The van der Waals surface area contributed by atoms with Gasteiger partial charge in [-0.15, -0.1) is 0 Å². The number of alkyl halides is 3. The molecule has 2 aromatic carbocycles. The number of hydrogen-bond donors (Lipinski definition) is 2. The van der Waals surface area contributed by atoms with Crippen LogP contribution in [0.15, 0.2) is 48.7 Å². The van der Waals surface area contributed by atoms with Gasteiger partial charge in [-0.05, 0) is 66.5 Å². The van der Waals surface area contributed by atoms with Gasteiger partial charge in [0.2, 0.25) is 5.91 Å². The molecule has 8 heteroatoms. The van der Waals surface area contributed by atoms with E-state index in [-0.39, 0.29) is 23.8 Å². The van der Waals surface area contributed by atoms with Crippen molar-refractivity contribution in [2.75, 3.05) is 18.5 Å². The smallest absolute Gasteiger partial charge is 0.416 e. The minimum absolute atomic E-state index is 0.0116. The van der Waals surface area contributed by atoms with E-state index in [2.05, 4.69) is 10.3 Å². The first-order valence-corrected chi connectivity index (χ1v) is 11.2. The molecule has 1 aliphatic heterocycles. The van der Waals surface area contributed by atoms with E-state index in [4.69, 9.17) is 9.47 Å². The fourth-order valence-corrected chi connectivity index (χ4v) is 5.19. The van der Waals surface area contributed by atoms with Crippen molar-refractivity contribution in [2.24, 2.45) is 17.8 Å². The number of carbonyl (C=O) groups excluding carboxylic acids is 1. The molecule has 2 atom stereocenters. The van der Waals surface area contributed by atoms with Gasteiger partial charge in [-0.1, -0.05) is 12.1 Å². The van der Waals surface area contributed by atoms with Crippen molar-refractivity contribution in [3.63, 3.8) is 0 Å². The predicted molar refractivity (Wildman–Crippen MR) is 116 cm³/mol. The highest BCUT2D eigenvalue weighted by molar-refractivity contribution is 6.03. The summed E-state index contributed by atoms with van der Waals surface area (Å²) in [4.78, 5) is 15.8. The van der Waals surface area contributed by atoms with Crippen LogP contribution in [0.1, 0.15) is 29.9 Å². The fourth-order valence-electron chi connectivity index (χ4n) is 5.19. The zero-order valence-electron chi connectivity index (χ0n) is 17.7. The summed E-state index contributed by atoms with van der Waals surface area (Å²) in [5.41, 5.74) is 1.93. The van der Waals surface area contributed by atoms with Gasteiger partial charge in [0.1, 0.15) is 5.75 Å². The van der Waals surface area contributed by atoms with Crippen LogP contribution in [0.2, 0.25) is 0 Å². The number of ether oxygens (including phenoxy) is 2. The van der Waals surface area contributed by atoms with Gasteiger partial charge in [-0.3, -0.25) is 4.79 Å². The minimum atomic E-state index is -4.31. The molecule has 3 aromatic rings. The highest BCUT2D eigenvalue weighted by atomic mass is 19.4. The quantitative estimate of drug-likeness (QED) is 0.545. The Labute approximate surface area is 188 Å². The summed E-state index contributed by atoms with van der Waals surface area (Å²) in [5, 5.41) is 3.94. The van der Waals surface area contributed by atoms with Crippen LogP contribution < -0.4 is 10.1 Å². The first kappa shape index (κ1) is 20.6. The van der Waals surface area contributed by atoms with Gasteiger partial charge in [0.25, 0.3) is 0 Å². The summed E-state index contributed by atoms with van der Waals surface area (Å²) >= 11 is 0. The zero-order valence-corrected chi connectivity index (χ0v) is 17.7. The lowest BCUT2D eigenvalue weighted by Crippen LogP contribution is -2.32. The molecular formula is C25H23F3N2O3. The minimum Gasteiger partial charge on any atom is -0.490 e. The van der Waals surface area contributed by atoms with Crippen LogP contribution in [-0.2, 0) is 15.7 Å². The molecule has 172 valence electrons. The van der Waals surface area contributed by atoms with Crippen LogP contribution in [0.5, 0.6) is 5.75 Å². The van der Waals surface area contributed by atoms with Gasteiger partial charge < -0.3 is 19.8 Å². The number of anilines is 1. The van der Waals surface area contributed by atoms with E-state index in [1.165, 1.54) is 0 Å². The maximum absolute atomic E-state index is 12.8. The van der Waals surface area contributed by atoms with Gasteiger partial charge in [-0.25, -0.2) is 0 Å². The molecule has 2 saturated carbocycles. The van der Waals surface area contributed by atoms with Crippen LogP contribution in [0.4, 0.5) is 18.9 Å². The molecule has 6 rings (SSSR count). The molecule has 2 N–H and O–H groups in total. The number of rotatable bonds is 5. The molecule has 2 unspecified atom stereocenters. The summed E-state index contributed by atoms with van der Waals surface area (Å²) < 4.78 is 49.7. The largest absolute Gasteiger partial charge is 0.490 e. The predicted octanol–water partition coefficient (Wildman–Crippen LogP) is 5.34. The van der Waals surface area contributed by atoms with Crippen molar-refractivity contribution in [2.45, 2.75) is 31.0 Å². The number of aromatic amines is 1. The average molecular weight is 456 g/mol. The molecule has 33 heavy (non-hydrogen) atoms. The summed E-state index contributed by atoms with van der Waals surface area (Å²) in [6, 6.07) is 11.1. The topological polar surface area (TPSA) is 63.4 Å². The molecule has 1 saturated heterocycles. The number of carbonyl (C=O) groups is 1. The molecule has 0 radical (unpaired) electrons. The van der Waals surface area contributed by atoms with Crippen molar-refractivity contribution in [3.8, 4) is 5.75 Å². The molecule has 2 aliphatic carbocycles. The van der Waals surface area contributed by atoms with Gasteiger partial charge >= 0.3 is 6.18 Å². The number of nitrogens with one attached hydrogen (secondary N) is 2. The number of aromatic nitrogens is 1. The maximum atomic E-state index is 12.8. The van der Waals surface area contributed by atoms with Crippen molar-refractivity contribution in [1.29, 1.82) is 0 Å². The van der Waals surface area contributed by atoms with Crippen LogP contribution in [0.3, 0.4) is 0 Å². The van der Waals surface area contributed by atoms with Crippen molar-refractivity contribution >= 4 is 22.5 Å². The van der Waals surface area contributed by atoms with E-state index in [0.717, 1.165) is 47.1 Å². The summed E-state index contributed by atoms with van der Waals surface area (Å²) in [6.07, 6.45) is -0.993. The molecular weight excluding hydrogens is 433 g/mol. The second-order valence-corrected chi connectivity index (χ2v) is 9.32. The number of halogens is 3. The first-order valence-electron chi connectivity index (χ1n) is 11.2. The lowest BCUT2D eigenvalue weighted by atomic mass is 9.77. The van der Waals surface area contributed by atoms with E-state index in [1.807, 2.05) is 18.2 Å². The number of H-pyrrole nitrogens is 1. The summed E-state index contributed by atoms with van der Waals surface area (Å²) in [6.45, 7) is 1.34. The van der Waals surface area contributed by atoms with Gasteiger partial charge in [0.05, 0.1) is 30.6 Å². The lowest BCUT2D eigenvalue weighted by Gasteiger charge is -2.35. The van der Waals surface area contributed by atoms with E-state index in [1.54, 1.807) is 18.3 Å². The standard InChI is InChI=1S/C25H23F3N2O3/c26-25(27,28)15-3-1-13(2-4-15)14-7-17(8-14)33-16-5-6-21-18(9-16)22(10-29-21)30-24(31)23-19-11-32-12-20(19)23/h1-6,9-10,14,17,19-20,23,29H,7-8,11-12H2,(H,30,31). The Hall–Kier alpha value is -3.00. The van der Waals surface area contributed by atoms with Crippen molar-refractivity contribution in [1.82, 2.24) is 4.98 Å². The van der Waals surface area contributed by atoms with E-state index < -0.39 is 11.7 Å². The van der Waals surface area contributed by atoms with Crippen molar-refractivity contribution in [3.05, 3.63) is 59.8 Å². The number of amides is 1. The molecule has 0 spiro atoms. The second-order valence-electron chi connectivity index (χ2n) is 9.32. The van der Waals surface area contributed by atoms with E-state index in [9.17, 15) is 18.0 Å². The van der Waals surface area contributed by atoms with Crippen LogP contribution in [0, 0.1) is 17.8 Å². The Morgan fingerprint density at radius 1 is 1.06 bits per heavy atom. The highest BCUT2D eigenvalue weighted by Gasteiger charge is 2.58. The second kappa shape index (κ2) is 7.52. The fraction of sp³-hybridized carbons (Fsp3) is 0.400. The lowest BCUT2D eigenvalue weighted by molar-refractivity contribution is -0.137. The Morgan fingerprint density at radius 2 is 1.79 bits per heavy atom. The van der Waals surface area contributed by atoms with E-state index in [0.29, 0.717) is 30.8 Å². The van der Waals surface area contributed by atoms with E-state index >= 15 is 0 Å². The van der Waals surface area contributed by atoms with Gasteiger partial charge in [-0.2, -0.15) is 13.2 Å². The molecule has 1 aromatic heterocycles.